The van der Waals surface area contributed by atoms with Crippen LogP contribution in [0.1, 0.15) is 30.5 Å². The van der Waals surface area contributed by atoms with Crippen molar-refractivity contribution >= 4 is 17.5 Å². The molecule has 1 aliphatic heterocycles. The van der Waals surface area contributed by atoms with Crippen molar-refractivity contribution in [2.24, 2.45) is 5.92 Å². The van der Waals surface area contributed by atoms with Crippen LogP contribution in [-0.4, -0.2) is 26.2 Å². The Hall–Kier alpha value is -2.28. The monoisotopic (exact) mass is 403 g/mol. The maximum atomic E-state index is 12.6. The van der Waals surface area contributed by atoms with Crippen molar-refractivity contribution < 1.29 is 14.3 Å². The van der Waals surface area contributed by atoms with Crippen molar-refractivity contribution in [2.75, 3.05) is 14.2 Å². The van der Waals surface area contributed by atoms with E-state index < -0.39 is 0 Å². The molecule has 0 bridgehead atoms. The van der Waals surface area contributed by atoms with Gasteiger partial charge in [0.25, 0.3) is 0 Å². The van der Waals surface area contributed by atoms with Crippen molar-refractivity contribution in [1.29, 1.82) is 0 Å². The first-order valence-electron chi connectivity index (χ1n) is 9.26. The van der Waals surface area contributed by atoms with Gasteiger partial charge in [0.1, 0.15) is 0 Å². The van der Waals surface area contributed by atoms with Gasteiger partial charge in [0.2, 0.25) is 5.91 Å². The molecule has 3 rings (SSSR count). The molecule has 1 aliphatic rings. The molecule has 3 unspecified atom stereocenters. The normalized spacial score (nSPS) is 21.4. The van der Waals surface area contributed by atoms with E-state index in [9.17, 15) is 4.79 Å². The summed E-state index contributed by atoms with van der Waals surface area (Å²) < 4.78 is 10.6. The third-order valence-electron chi connectivity index (χ3n) is 5.12. The SMILES string of the molecule is COc1ccc(CNC(=O)CC2C(C)NNC2c2ccc(Cl)cc2)cc1OC. The Labute approximate surface area is 170 Å². The van der Waals surface area contributed by atoms with Gasteiger partial charge in [-0.3, -0.25) is 10.2 Å². The van der Waals surface area contributed by atoms with Crippen molar-refractivity contribution in [3.8, 4) is 11.5 Å². The van der Waals surface area contributed by atoms with Crippen LogP contribution in [0.4, 0.5) is 0 Å². The first-order valence-corrected chi connectivity index (χ1v) is 9.63. The number of rotatable bonds is 7. The van der Waals surface area contributed by atoms with Crippen molar-refractivity contribution in [2.45, 2.75) is 32.0 Å². The van der Waals surface area contributed by atoms with E-state index >= 15 is 0 Å². The molecule has 0 saturated carbocycles. The van der Waals surface area contributed by atoms with E-state index in [0.29, 0.717) is 29.5 Å². The van der Waals surface area contributed by atoms with E-state index in [-0.39, 0.29) is 23.9 Å². The fraction of sp³-hybridized carbons (Fsp3) is 0.381. The Morgan fingerprint density at radius 2 is 1.79 bits per heavy atom. The van der Waals surface area contributed by atoms with Gasteiger partial charge in [-0.15, -0.1) is 0 Å². The molecule has 3 N–H and O–H groups in total. The quantitative estimate of drug-likeness (QED) is 0.662. The molecule has 1 saturated heterocycles. The smallest absolute Gasteiger partial charge is 0.220 e. The molecular weight excluding hydrogens is 378 g/mol. The lowest BCUT2D eigenvalue weighted by Crippen LogP contribution is -2.31. The Balaban J connectivity index is 1.61. The zero-order valence-electron chi connectivity index (χ0n) is 16.3. The van der Waals surface area contributed by atoms with E-state index in [2.05, 4.69) is 23.1 Å². The molecule has 0 aromatic heterocycles. The second-order valence-electron chi connectivity index (χ2n) is 6.94. The van der Waals surface area contributed by atoms with Crippen LogP contribution in [0.3, 0.4) is 0 Å². The van der Waals surface area contributed by atoms with E-state index in [0.717, 1.165) is 11.1 Å². The number of hydrogen-bond acceptors (Lipinski definition) is 5. The van der Waals surface area contributed by atoms with Crippen LogP contribution >= 0.6 is 11.6 Å². The number of carbonyl (C=O) groups excluding carboxylic acids is 1. The predicted molar refractivity (Wildman–Crippen MR) is 109 cm³/mol. The molecule has 7 heteroatoms. The van der Waals surface area contributed by atoms with Gasteiger partial charge in [0.15, 0.2) is 11.5 Å². The van der Waals surface area contributed by atoms with Gasteiger partial charge in [-0.25, -0.2) is 5.43 Å². The minimum absolute atomic E-state index is 0.0103. The summed E-state index contributed by atoms with van der Waals surface area (Å²) in [5.74, 6) is 1.46. The zero-order chi connectivity index (χ0) is 20.1. The zero-order valence-corrected chi connectivity index (χ0v) is 17.0. The Morgan fingerprint density at radius 1 is 1.07 bits per heavy atom. The lowest BCUT2D eigenvalue weighted by Gasteiger charge is -2.21. The molecule has 1 amide bonds. The molecule has 0 radical (unpaired) electrons. The van der Waals surface area contributed by atoms with Gasteiger partial charge >= 0.3 is 0 Å². The lowest BCUT2D eigenvalue weighted by molar-refractivity contribution is -0.122. The van der Waals surface area contributed by atoms with Gasteiger partial charge in [0.05, 0.1) is 20.3 Å². The first kappa shape index (κ1) is 20.5. The van der Waals surface area contributed by atoms with E-state index in [1.54, 1.807) is 14.2 Å². The first-order chi connectivity index (χ1) is 13.5. The molecule has 3 atom stereocenters. The number of amides is 1. The van der Waals surface area contributed by atoms with Crippen LogP contribution < -0.4 is 25.6 Å². The number of halogens is 1. The third-order valence-corrected chi connectivity index (χ3v) is 5.38. The molecule has 1 heterocycles. The van der Waals surface area contributed by atoms with Crippen molar-refractivity contribution in [3.63, 3.8) is 0 Å². The topological polar surface area (TPSA) is 71.6 Å². The molecule has 0 aliphatic carbocycles. The standard InChI is InChI=1S/C21H26ClN3O3/c1-13-17(21(25-24-13)15-5-7-16(22)8-6-15)11-20(26)23-12-14-4-9-18(27-2)19(10-14)28-3/h4-10,13,17,21,24-25H,11-12H2,1-3H3,(H,23,26). The Bertz CT molecular complexity index is 813. The van der Waals surface area contributed by atoms with E-state index in [4.69, 9.17) is 21.1 Å². The summed E-state index contributed by atoms with van der Waals surface area (Å²) in [6.45, 7) is 2.52. The minimum atomic E-state index is 0.0103. The highest BCUT2D eigenvalue weighted by Gasteiger charge is 2.35. The fourth-order valence-electron chi connectivity index (χ4n) is 3.50. The molecule has 28 heavy (non-hydrogen) atoms. The molecule has 150 valence electrons. The average molecular weight is 404 g/mol. The van der Waals surface area contributed by atoms with Gasteiger partial charge in [-0.05, 0) is 42.3 Å². The van der Waals surface area contributed by atoms with E-state index in [1.807, 2.05) is 42.5 Å². The van der Waals surface area contributed by atoms with Gasteiger partial charge in [-0.2, -0.15) is 0 Å². The average Bonchev–Trinajstić information content (AvgIpc) is 3.07. The summed E-state index contributed by atoms with van der Waals surface area (Å²) >= 11 is 5.99. The van der Waals surface area contributed by atoms with Crippen LogP contribution in [0.5, 0.6) is 11.5 Å². The minimum Gasteiger partial charge on any atom is -0.493 e. The summed E-state index contributed by atoms with van der Waals surface area (Å²) in [6, 6.07) is 13.6. The predicted octanol–water partition coefficient (Wildman–Crippen LogP) is 3.22. The maximum absolute atomic E-state index is 12.6. The second kappa shape index (κ2) is 9.28. The van der Waals surface area contributed by atoms with Crippen molar-refractivity contribution in [1.82, 2.24) is 16.2 Å². The van der Waals surface area contributed by atoms with Gasteiger partial charge in [0, 0.05) is 29.9 Å². The molecule has 1 fully saturated rings. The summed E-state index contributed by atoms with van der Waals surface area (Å²) in [5.41, 5.74) is 8.61. The highest BCUT2D eigenvalue weighted by Crippen LogP contribution is 2.32. The summed E-state index contributed by atoms with van der Waals surface area (Å²) in [6.07, 6.45) is 0.418. The third kappa shape index (κ3) is 4.76. The van der Waals surface area contributed by atoms with Crippen LogP contribution in [0.2, 0.25) is 5.02 Å². The van der Waals surface area contributed by atoms with Gasteiger partial charge in [-0.1, -0.05) is 29.8 Å². The summed E-state index contributed by atoms with van der Waals surface area (Å²) in [7, 11) is 3.19. The summed E-state index contributed by atoms with van der Waals surface area (Å²) in [5, 5.41) is 3.71. The number of benzene rings is 2. The van der Waals surface area contributed by atoms with Crippen LogP contribution in [-0.2, 0) is 11.3 Å². The molecule has 6 nitrogen and oxygen atoms in total. The Kier molecular flexibility index (Phi) is 6.78. The van der Waals surface area contributed by atoms with Crippen LogP contribution in [0.25, 0.3) is 0 Å². The summed E-state index contributed by atoms with van der Waals surface area (Å²) in [4.78, 5) is 12.6. The number of methoxy groups -OCH3 is 2. The Morgan fingerprint density at radius 3 is 2.46 bits per heavy atom. The van der Waals surface area contributed by atoms with Crippen LogP contribution in [0, 0.1) is 5.92 Å². The molecular formula is C21H26ClN3O3. The number of ether oxygens (including phenoxy) is 2. The van der Waals surface area contributed by atoms with E-state index in [1.165, 1.54) is 0 Å². The number of hydrazine groups is 1. The largest absolute Gasteiger partial charge is 0.493 e. The number of hydrogen-bond donors (Lipinski definition) is 3. The number of carbonyl (C=O) groups is 1. The lowest BCUT2D eigenvalue weighted by atomic mass is 9.87. The second-order valence-corrected chi connectivity index (χ2v) is 7.38. The molecule has 2 aromatic carbocycles. The fourth-order valence-corrected chi connectivity index (χ4v) is 3.62. The molecule has 2 aromatic rings. The van der Waals surface area contributed by atoms with Gasteiger partial charge < -0.3 is 14.8 Å². The maximum Gasteiger partial charge on any atom is 0.220 e. The number of nitrogens with one attached hydrogen (secondary N) is 3. The highest BCUT2D eigenvalue weighted by molar-refractivity contribution is 6.30. The highest BCUT2D eigenvalue weighted by atomic mass is 35.5. The van der Waals surface area contributed by atoms with Crippen molar-refractivity contribution in [3.05, 3.63) is 58.6 Å². The van der Waals surface area contributed by atoms with Crippen LogP contribution in [0.15, 0.2) is 42.5 Å². The molecule has 0 spiro atoms.